The smallest absolute Gasteiger partial charge is 0.279 e. The summed E-state index contributed by atoms with van der Waals surface area (Å²) in [6.07, 6.45) is 8.93. The first-order valence-corrected chi connectivity index (χ1v) is 9.41. The van der Waals surface area contributed by atoms with Crippen LogP contribution < -0.4 is 4.72 Å². The Hall–Kier alpha value is -0.170. The van der Waals surface area contributed by atoms with Crippen molar-refractivity contribution < 1.29 is 13.5 Å². The summed E-state index contributed by atoms with van der Waals surface area (Å²) >= 11 is 0. The second kappa shape index (κ2) is 7.73. The number of rotatable bonds is 6. The fourth-order valence-corrected chi connectivity index (χ4v) is 4.54. The van der Waals surface area contributed by atoms with E-state index >= 15 is 0 Å². The molecule has 0 bridgehead atoms. The highest BCUT2D eigenvalue weighted by atomic mass is 32.2. The number of piperidine rings is 1. The Bertz CT molecular complexity index is 372. The Morgan fingerprint density at radius 1 is 1.00 bits per heavy atom. The molecule has 0 radical (unpaired) electrons. The monoisotopic (exact) mass is 304 g/mol. The lowest BCUT2D eigenvalue weighted by atomic mass is 9.87. The molecule has 6 heteroatoms. The van der Waals surface area contributed by atoms with Crippen molar-refractivity contribution in [1.82, 2.24) is 9.03 Å². The van der Waals surface area contributed by atoms with E-state index in [9.17, 15) is 8.42 Å². The van der Waals surface area contributed by atoms with Gasteiger partial charge in [-0.2, -0.15) is 12.7 Å². The van der Waals surface area contributed by atoms with Crippen molar-refractivity contribution in [2.45, 2.75) is 51.4 Å². The van der Waals surface area contributed by atoms with Crippen molar-refractivity contribution in [1.29, 1.82) is 0 Å². The SMILES string of the molecule is O=S(=O)(NCCC1CCCCC1)N1CCC(CO)CC1. The Balaban J connectivity index is 1.70. The van der Waals surface area contributed by atoms with Crippen molar-refractivity contribution >= 4 is 10.2 Å². The molecule has 0 spiro atoms. The van der Waals surface area contributed by atoms with Gasteiger partial charge in [0.15, 0.2) is 0 Å². The van der Waals surface area contributed by atoms with Crippen molar-refractivity contribution in [2.24, 2.45) is 11.8 Å². The molecule has 0 aromatic rings. The molecule has 1 aliphatic heterocycles. The summed E-state index contributed by atoms with van der Waals surface area (Å²) in [5.74, 6) is 0.968. The van der Waals surface area contributed by atoms with Crippen LogP contribution in [0.15, 0.2) is 0 Å². The highest BCUT2D eigenvalue weighted by Gasteiger charge is 2.27. The van der Waals surface area contributed by atoms with Gasteiger partial charge in [-0.25, -0.2) is 4.72 Å². The molecule has 1 heterocycles. The molecule has 20 heavy (non-hydrogen) atoms. The summed E-state index contributed by atoms with van der Waals surface area (Å²) in [6, 6.07) is 0. The van der Waals surface area contributed by atoms with Gasteiger partial charge in [-0.1, -0.05) is 32.1 Å². The zero-order valence-corrected chi connectivity index (χ0v) is 13.1. The topological polar surface area (TPSA) is 69.6 Å². The molecule has 5 nitrogen and oxygen atoms in total. The van der Waals surface area contributed by atoms with E-state index in [1.807, 2.05) is 0 Å². The molecular weight excluding hydrogens is 276 g/mol. The summed E-state index contributed by atoms with van der Waals surface area (Å²) in [4.78, 5) is 0. The van der Waals surface area contributed by atoms with E-state index in [-0.39, 0.29) is 12.5 Å². The Labute approximate surface area is 122 Å². The number of aliphatic hydroxyl groups excluding tert-OH is 1. The normalized spacial score (nSPS) is 24.1. The number of aliphatic hydroxyl groups is 1. The molecule has 1 saturated carbocycles. The molecular formula is C14H28N2O3S. The van der Waals surface area contributed by atoms with Crippen LogP contribution >= 0.6 is 0 Å². The lowest BCUT2D eigenvalue weighted by Gasteiger charge is -2.30. The van der Waals surface area contributed by atoms with Gasteiger partial charge in [0.1, 0.15) is 0 Å². The maximum atomic E-state index is 12.2. The standard InChI is InChI=1S/C14H28N2O3S/c17-12-14-7-10-16(11-8-14)20(18,19)15-9-6-13-4-2-1-3-5-13/h13-15,17H,1-12H2. The van der Waals surface area contributed by atoms with E-state index in [1.165, 1.54) is 36.4 Å². The Morgan fingerprint density at radius 3 is 2.25 bits per heavy atom. The Morgan fingerprint density at radius 2 is 1.65 bits per heavy atom. The van der Waals surface area contributed by atoms with Crippen LogP contribution in [0, 0.1) is 11.8 Å². The largest absolute Gasteiger partial charge is 0.396 e. The summed E-state index contributed by atoms with van der Waals surface area (Å²) in [6.45, 7) is 1.80. The molecule has 2 N–H and O–H groups in total. The number of nitrogens with one attached hydrogen (secondary N) is 1. The number of hydrogen-bond acceptors (Lipinski definition) is 3. The predicted molar refractivity (Wildman–Crippen MR) is 79.5 cm³/mol. The van der Waals surface area contributed by atoms with Gasteiger partial charge in [0, 0.05) is 26.2 Å². The van der Waals surface area contributed by atoms with Gasteiger partial charge in [0.2, 0.25) is 0 Å². The average molecular weight is 304 g/mol. The minimum Gasteiger partial charge on any atom is -0.396 e. The summed E-state index contributed by atoms with van der Waals surface area (Å²) in [7, 11) is -3.31. The molecule has 1 saturated heterocycles. The van der Waals surface area contributed by atoms with E-state index in [0.717, 1.165) is 19.3 Å². The van der Waals surface area contributed by atoms with Crippen molar-refractivity contribution in [3.8, 4) is 0 Å². The van der Waals surface area contributed by atoms with Crippen LogP contribution in [0.3, 0.4) is 0 Å². The summed E-state index contributed by atoms with van der Waals surface area (Å²) < 4.78 is 28.6. The second-order valence-electron chi connectivity index (χ2n) is 6.22. The molecule has 0 amide bonds. The second-order valence-corrected chi connectivity index (χ2v) is 7.97. The van der Waals surface area contributed by atoms with Gasteiger partial charge in [-0.3, -0.25) is 0 Å². The lowest BCUT2D eigenvalue weighted by molar-refractivity contribution is 0.169. The van der Waals surface area contributed by atoms with Crippen LogP contribution in [0.5, 0.6) is 0 Å². The van der Waals surface area contributed by atoms with E-state index in [4.69, 9.17) is 5.11 Å². The highest BCUT2D eigenvalue weighted by Crippen LogP contribution is 2.26. The van der Waals surface area contributed by atoms with Gasteiger partial charge >= 0.3 is 0 Å². The van der Waals surface area contributed by atoms with Crippen LogP contribution in [-0.4, -0.2) is 44.1 Å². The zero-order chi connectivity index (χ0) is 14.4. The third-order valence-corrected chi connectivity index (χ3v) is 6.35. The maximum Gasteiger partial charge on any atom is 0.279 e. The highest BCUT2D eigenvalue weighted by molar-refractivity contribution is 7.87. The zero-order valence-electron chi connectivity index (χ0n) is 12.3. The van der Waals surface area contributed by atoms with Crippen molar-refractivity contribution in [2.75, 3.05) is 26.2 Å². The molecule has 118 valence electrons. The van der Waals surface area contributed by atoms with E-state index in [2.05, 4.69) is 4.72 Å². The van der Waals surface area contributed by atoms with Crippen molar-refractivity contribution in [3.05, 3.63) is 0 Å². The first-order valence-electron chi connectivity index (χ1n) is 7.97. The summed E-state index contributed by atoms with van der Waals surface area (Å²) in [5.41, 5.74) is 0. The fraction of sp³-hybridized carbons (Fsp3) is 1.00. The molecule has 1 aliphatic carbocycles. The maximum absolute atomic E-state index is 12.2. The minimum atomic E-state index is -3.31. The molecule has 0 unspecified atom stereocenters. The van der Waals surface area contributed by atoms with E-state index in [0.29, 0.717) is 25.6 Å². The van der Waals surface area contributed by atoms with Crippen molar-refractivity contribution in [3.63, 3.8) is 0 Å². The first kappa shape index (κ1) is 16.2. The molecule has 0 atom stereocenters. The van der Waals surface area contributed by atoms with Gasteiger partial charge < -0.3 is 5.11 Å². The lowest BCUT2D eigenvalue weighted by Crippen LogP contribution is -2.45. The van der Waals surface area contributed by atoms with Gasteiger partial charge in [0.25, 0.3) is 10.2 Å². The van der Waals surface area contributed by atoms with Crippen LogP contribution in [0.1, 0.15) is 51.4 Å². The van der Waals surface area contributed by atoms with Crippen LogP contribution in [-0.2, 0) is 10.2 Å². The van der Waals surface area contributed by atoms with Gasteiger partial charge in [-0.05, 0) is 31.1 Å². The number of hydrogen-bond donors (Lipinski definition) is 2. The van der Waals surface area contributed by atoms with E-state index < -0.39 is 10.2 Å². The minimum absolute atomic E-state index is 0.170. The average Bonchev–Trinajstić information content (AvgIpc) is 2.48. The Kier molecular flexibility index (Phi) is 6.26. The first-order chi connectivity index (χ1) is 9.62. The fourth-order valence-electron chi connectivity index (χ4n) is 3.29. The van der Waals surface area contributed by atoms with E-state index in [1.54, 1.807) is 0 Å². The third-order valence-electron chi connectivity index (χ3n) is 4.73. The predicted octanol–water partition coefficient (Wildman–Crippen LogP) is 1.50. The molecule has 0 aromatic heterocycles. The quantitative estimate of drug-likeness (QED) is 0.781. The van der Waals surface area contributed by atoms with Gasteiger partial charge in [0.05, 0.1) is 0 Å². The van der Waals surface area contributed by atoms with Crippen LogP contribution in [0.25, 0.3) is 0 Å². The molecule has 2 rings (SSSR count). The van der Waals surface area contributed by atoms with Crippen LogP contribution in [0.2, 0.25) is 0 Å². The number of nitrogens with zero attached hydrogens (tertiary/aromatic N) is 1. The van der Waals surface area contributed by atoms with Gasteiger partial charge in [-0.15, -0.1) is 0 Å². The third kappa shape index (κ3) is 4.69. The molecule has 2 aliphatic rings. The van der Waals surface area contributed by atoms with Crippen LogP contribution in [0.4, 0.5) is 0 Å². The molecule has 2 fully saturated rings. The summed E-state index contributed by atoms with van der Waals surface area (Å²) in [5, 5.41) is 9.08. The molecule has 0 aromatic carbocycles.